The molecule has 0 radical (unpaired) electrons. The van der Waals surface area contributed by atoms with Crippen molar-refractivity contribution in [2.24, 2.45) is 0 Å². The molecule has 9 nitrogen and oxygen atoms in total. The van der Waals surface area contributed by atoms with Crippen LogP contribution in [-0.2, 0) is 9.53 Å². The number of likely N-dealkylation sites (tertiary alicyclic amines) is 1. The number of aromatic amines is 1. The molecule has 4 rings (SSSR count). The fourth-order valence-corrected chi connectivity index (χ4v) is 4.29. The second-order valence-electron chi connectivity index (χ2n) is 9.58. The predicted octanol–water partition coefficient (Wildman–Crippen LogP) is 4.20. The van der Waals surface area contributed by atoms with Gasteiger partial charge >= 0.3 is 6.09 Å². The van der Waals surface area contributed by atoms with E-state index in [9.17, 15) is 14.4 Å². The van der Waals surface area contributed by atoms with Crippen LogP contribution in [0.15, 0.2) is 41.2 Å². The van der Waals surface area contributed by atoms with Crippen molar-refractivity contribution in [3.8, 4) is 0 Å². The van der Waals surface area contributed by atoms with Gasteiger partial charge in [0.2, 0.25) is 5.91 Å². The molecule has 2 amide bonds. The minimum Gasteiger partial charge on any atom is -0.444 e. The van der Waals surface area contributed by atoms with Crippen LogP contribution in [0.1, 0.15) is 58.6 Å². The number of fused-ring (bicyclic) bond motifs is 3. The van der Waals surface area contributed by atoms with Gasteiger partial charge in [-0.25, -0.2) is 9.31 Å². The highest BCUT2D eigenvalue weighted by Crippen LogP contribution is 2.32. The van der Waals surface area contributed by atoms with E-state index in [0.29, 0.717) is 48.2 Å². The van der Waals surface area contributed by atoms with Crippen molar-refractivity contribution in [2.75, 3.05) is 18.4 Å². The lowest BCUT2D eigenvalue weighted by Gasteiger charge is -2.33. The molecule has 1 fully saturated rings. The van der Waals surface area contributed by atoms with Crippen LogP contribution in [0.3, 0.4) is 0 Å². The van der Waals surface area contributed by atoms with Gasteiger partial charge in [0.25, 0.3) is 5.56 Å². The molecule has 2 N–H and O–H groups in total. The van der Waals surface area contributed by atoms with E-state index in [1.54, 1.807) is 21.6 Å². The van der Waals surface area contributed by atoms with E-state index in [4.69, 9.17) is 9.84 Å². The van der Waals surface area contributed by atoms with Crippen molar-refractivity contribution in [2.45, 2.75) is 58.5 Å². The zero-order valence-electron chi connectivity index (χ0n) is 20.1. The number of allylic oxidation sites excluding steroid dienone is 1. The van der Waals surface area contributed by atoms with E-state index in [0.717, 1.165) is 5.69 Å². The summed E-state index contributed by atoms with van der Waals surface area (Å²) in [6.07, 6.45) is 4.96. The van der Waals surface area contributed by atoms with E-state index >= 15 is 0 Å². The second-order valence-corrected chi connectivity index (χ2v) is 9.58. The van der Waals surface area contributed by atoms with Gasteiger partial charge in [0.15, 0.2) is 0 Å². The summed E-state index contributed by atoms with van der Waals surface area (Å²) in [6, 6.07) is 7.08. The number of nitrogens with zero attached hydrogens (tertiary/aromatic N) is 3. The highest BCUT2D eigenvalue weighted by atomic mass is 16.6. The molecule has 3 aromatic rings. The van der Waals surface area contributed by atoms with E-state index < -0.39 is 5.60 Å². The van der Waals surface area contributed by atoms with Crippen LogP contribution >= 0.6 is 0 Å². The normalized spacial score (nSPS) is 15.4. The Morgan fingerprint density at radius 2 is 2.00 bits per heavy atom. The molecule has 0 saturated carbocycles. The van der Waals surface area contributed by atoms with Crippen molar-refractivity contribution in [3.63, 3.8) is 0 Å². The fraction of sp³-hybridized carbons (Fsp3) is 0.440. The second kappa shape index (κ2) is 9.32. The van der Waals surface area contributed by atoms with Gasteiger partial charge in [-0.1, -0.05) is 18.2 Å². The average Bonchev–Trinajstić information content (AvgIpc) is 3.15. The van der Waals surface area contributed by atoms with Gasteiger partial charge in [0, 0.05) is 31.5 Å². The van der Waals surface area contributed by atoms with Gasteiger partial charge in [0.1, 0.15) is 11.2 Å². The lowest BCUT2D eigenvalue weighted by molar-refractivity contribution is -0.115. The van der Waals surface area contributed by atoms with Gasteiger partial charge < -0.3 is 19.9 Å². The van der Waals surface area contributed by atoms with E-state index in [2.05, 4.69) is 10.3 Å². The topological polar surface area (TPSA) is 109 Å². The summed E-state index contributed by atoms with van der Waals surface area (Å²) in [6.45, 7) is 8.50. The molecule has 9 heteroatoms. The molecule has 2 aromatic heterocycles. The van der Waals surface area contributed by atoms with E-state index in [-0.39, 0.29) is 29.9 Å². The number of nitrogens with one attached hydrogen (secondary N) is 2. The third kappa shape index (κ3) is 4.98. The van der Waals surface area contributed by atoms with E-state index in [1.165, 1.54) is 0 Å². The number of benzene rings is 1. The summed E-state index contributed by atoms with van der Waals surface area (Å²) in [5.74, 6) is -0.0801. The average molecular weight is 466 g/mol. The quantitative estimate of drug-likeness (QED) is 0.562. The molecule has 180 valence electrons. The summed E-state index contributed by atoms with van der Waals surface area (Å²) < 4.78 is 7.26. The Kier molecular flexibility index (Phi) is 6.45. The zero-order chi connectivity index (χ0) is 24.5. The van der Waals surface area contributed by atoms with Crippen molar-refractivity contribution in [3.05, 3.63) is 52.5 Å². The largest absolute Gasteiger partial charge is 0.444 e. The smallest absolute Gasteiger partial charge is 0.410 e. The molecule has 0 aliphatic carbocycles. The Morgan fingerprint density at radius 3 is 2.68 bits per heavy atom. The Hall–Kier alpha value is -3.62. The number of H-pyrrole nitrogens is 1. The third-order valence-corrected chi connectivity index (χ3v) is 5.84. The van der Waals surface area contributed by atoms with Crippen LogP contribution in [0.5, 0.6) is 0 Å². The standard InChI is InChI=1S/C25H31N5O4/c1-5-6-10-20(31)26-17-8-7-9-18-22(17)23-27-21(32)15-19(30(23)28-18)16-11-13-29(14-12-16)24(33)34-25(2,3)4/h5-9,15-16H,10-14H2,1-4H3,(H,26,31)(H,27,32)/b6-5+. The third-order valence-electron chi connectivity index (χ3n) is 5.84. The first-order chi connectivity index (χ1) is 16.2. The van der Waals surface area contributed by atoms with Crippen LogP contribution in [0.2, 0.25) is 0 Å². The molecule has 0 spiro atoms. The Morgan fingerprint density at radius 1 is 1.26 bits per heavy atom. The Labute approximate surface area is 197 Å². The van der Waals surface area contributed by atoms with Crippen molar-refractivity contribution in [1.82, 2.24) is 19.5 Å². The number of carbonyl (C=O) groups excluding carboxylic acids is 2. The highest BCUT2D eigenvalue weighted by molar-refractivity contribution is 6.07. The molecule has 1 aliphatic rings. The summed E-state index contributed by atoms with van der Waals surface area (Å²) in [7, 11) is 0. The van der Waals surface area contributed by atoms with Gasteiger partial charge in [-0.05, 0) is 52.7 Å². The summed E-state index contributed by atoms with van der Waals surface area (Å²) >= 11 is 0. The lowest BCUT2D eigenvalue weighted by atomic mass is 9.93. The summed E-state index contributed by atoms with van der Waals surface area (Å²) in [5, 5.41) is 8.37. The number of hydrogen-bond acceptors (Lipinski definition) is 5. The van der Waals surface area contributed by atoms with Gasteiger partial charge in [-0.15, -0.1) is 0 Å². The molecular weight excluding hydrogens is 434 g/mol. The van der Waals surface area contributed by atoms with Gasteiger partial charge in [-0.2, -0.15) is 5.10 Å². The summed E-state index contributed by atoms with van der Waals surface area (Å²) in [5.41, 5.74) is 1.86. The highest BCUT2D eigenvalue weighted by Gasteiger charge is 2.29. The first-order valence-electron chi connectivity index (χ1n) is 11.6. The van der Waals surface area contributed by atoms with Gasteiger partial charge in [0.05, 0.1) is 22.3 Å². The molecule has 34 heavy (non-hydrogen) atoms. The molecule has 1 aliphatic heterocycles. The lowest BCUT2D eigenvalue weighted by Crippen LogP contribution is -2.41. The number of aromatic nitrogens is 3. The monoisotopic (exact) mass is 465 g/mol. The SMILES string of the molecule is C/C=C/CC(=O)Nc1cccc2nn3c(C4CCN(C(=O)OC(C)(C)C)CC4)cc(=O)[nH]c3c12. The molecule has 3 heterocycles. The molecular formula is C25H31N5O4. The maximum atomic E-state index is 12.6. The number of amides is 2. The Balaban J connectivity index is 1.64. The maximum Gasteiger partial charge on any atom is 0.410 e. The van der Waals surface area contributed by atoms with Crippen molar-refractivity contribution < 1.29 is 14.3 Å². The molecule has 0 unspecified atom stereocenters. The number of hydrogen-bond donors (Lipinski definition) is 2. The minimum absolute atomic E-state index is 0.0607. The molecule has 0 atom stereocenters. The van der Waals surface area contributed by atoms with Crippen LogP contribution in [0, 0.1) is 0 Å². The predicted molar refractivity (Wildman–Crippen MR) is 131 cm³/mol. The Bertz CT molecular complexity index is 1310. The number of ether oxygens (including phenoxy) is 1. The van der Waals surface area contributed by atoms with Crippen LogP contribution in [0.4, 0.5) is 10.5 Å². The summed E-state index contributed by atoms with van der Waals surface area (Å²) in [4.78, 5) is 42.0. The first kappa shape index (κ1) is 23.5. The number of rotatable bonds is 4. The van der Waals surface area contributed by atoms with Crippen molar-refractivity contribution in [1.29, 1.82) is 0 Å². The van der Waals surface area contributed by atoms with E-state index in [1.807, 2.05) is 52.0 Å². The number of piperidine rings is 1. The molecule has 1 aromatic carbocycles. The first-order valence-corrected chi connectivity index (χ1v) is 11.6. The van der Waals surface area contributed by atoms with Crippen LogP contribution < -0.4 is 10.9 Å². The molecule has 0 bridgehead atoms. The zero-order valence-corrected chi connectivity index (χ0v) is 20.1. The minimum atomic E-state index is -0.540. The van der Waals surface area contributed by atoms with Crippen LogP contribution in [0.25, 0.3) is 16.6 Å². The number of anilines is 1. The fourth-order valence-electron chi connectivity index (χ4n) is 4.29. The number of carbonyl (C=O) groups is 2. The molecule has 1 saturated heterocycles. The van der Waals surface area contributed by atoms with Gasteiger partial charge in [-0.3, -0.25) is 9.59 Å². The van der Waals surface area contributed by atoms with Crippen LogP contribution in [-0.4, -0.2) is 50.2 Å². The van der Waals surface area contributed by atoms with Crippen molar-refractivity contribution >= 4 is 34.2 Å². The maximum absolute atomic E-state index is 12.6.